The molecular formula is C18H36O6Si. The molecule has 0 saturated heterocycles. The third-order valence-corrected chi connectivity index (χ3v) is 9.48. The van der Waals surface area contributed by atoms with Crippen molar-refractivity contribution in [1.82, 2.24) is 0 Å². The molecule has 0 fully saturated rings. The fourth-order valence-corrected chi connectivity index (χ4v) is 3.37. The number of hydrogen-bond donors (Lipinski definition) is 2. The summed E-state index contributed by atoms with van der Waals surface area (Å²) in [6, 6.07) is 0. The van der Waals surface area contributed by atoms with Crippen LogP contribution in [0.25, 0.3) is 0 Å². The molecule has 6 nitrogen and oxygen atoms in total. The Hall–Kier alpha value is -0.763. The van der Waals surface area contributed by atoms with Gasteiger partial charge in [0.25, 0.3) is 0 Å². The summed E-state index contributed by atoms with van der Waals surface area (Å²) in [5.74, 6) is -0.597. The van der Waals surface area contributed by atoms with Crippen LogP contribution in [0.2, 0.25) is 18.1 Å². The van der Waals surface area contributed by atoms with Gasteiger partial charge >= 0.3 is 5.97 Å². The summed E-state index contributed by atoms with van der Waals surface area (Å²) < 4.78 is 11.0. The topological polar surface area (TPSA) is 93.1 Å². The molecule has 0 aliphatic carbocycles. The molecule has 0 rings (SSSR count). The minimum absolute atomic E-state index is 0.00231. The van der Waals surface area contributed by atoms with Gasteiger partial charge in [0.15, 0.2) is 14.1 Å². The molecule has 2 N–H and O–H groups in total. The normalized spacial score (nSPS) is 17.5. The van der Waals surface area contributed by atoms with Crippen LogP contribution in [-0.2, 0) is 18.8 Å². The van der Waals surface area contributed by atoms with Crippen molar-refractivity contribution in [2.45, 2.75) is 96.7 Å². The van der Waals surface area contributed by atoms with Crippen molar-refractivity contribution in [2.75, 3.05) is 6.61 Å². The molecule has 0 aliphatic rings. The van der Waals surface area contributed by atoms with E-state index in [9.17, 15) is 19.8 Å². The Bertz CT molecular complexity index is 453. The highest BCUT2D eigenvalue weighted by Crippen LogP contribution is 2.38. The van der Waals surface area contributed by atoms with Gasteiger partial charge in [0.2, 0.25) is 0 Å². The van der Waals surface area contributed by atoms with Crippen LogP contribution >= 0.6 is 0 Å². The van der Waals surface area contributed by atoms with Crippen LogP contribution in [0.15, 0.2) is 0 Å². The molecule has 0 amide bonds. The number of carbonyl (C=O) groups is 2. The van der Waals surface area contributed by atoms with E-state index < -0.39 is 32.1 Å². The average molecular weight is 377 g/mol. The second kappa shape index (κ2) is 9.25. The van der Waals surface area contributed by atoms with E-state index in [0.29, 0.717) is 0 Å². The Morgan fingerprint density at radius 2 is 1.68 bits per heavy atom. The van der Waals surface area contributed by atoms with E-state index in [0.717, 1.165) is 0 Å². The smallest absolute Gasteiger partial charge is 0.305 e. The highest BCUT2D eigenvalue weighted by Gasteiger charge is 2.42. The van der Waals surface area contributed by atoms with E-state index in [1.165, 1.54) is 13.8 Å². The SMILES string of the molecule is CCOC(=O)CCC(C)(O)C(O)C[C@H](O[Si](C)(C)C(C)(C)C)C(C)=O. The number of Topliss-reactive ketones (excluding diaryl/α,β-unsaturated/α-hetero) is 1. The van der Waals surface area contributed by atoms with Gasteiger partial charge in [-0.05, 0) is 45.3 Å². The van der Waals surface area contributed by atoms with Crippen molar-refractivity contribution < 1.29 is 29.0 Å². The fraction of sp³-hybridized carbons (Fsp3) is 0.889. The van der Waals surface area contributed by atoms with Gasteiger partial charge in [0.1, 0.15) is 6.10 Å². The molecule has 148 valence electrons. The molecule has 0 bridgehead atoms. The van der Waals surface area contributed by atoms with Gasteiger partial charge in [-0.1, -0.05) is 20.8 Å². The lowest BCUT2D eigenvalue weighted by molar-refractivity contribution is -0.147. The number of ether oxygens (including phenoxy) is 1. The van der Waals surface area contributed by atoms with Crippen LogP contribution in [0.3, 0.4) is 0 Å². The van der Waals surface area contributed by atoms with Crippen LogP contribution in [0.5, 0.6) is 0 Å². The molecule has 2 unspecified atom stereocenters. The summed E-state index contributed by atoms with van der Waals surface area (Å²) in [5, 5.41) is 20.8. The van der Waals surface area contributed by atoms with Crippen molar-refractivity contribution in [3.63, 3.8) is 0 Å². The number of aliphatic hydroxyl groups excluding tert-OH is 1. The Morgan fingerprint density at radius 3 is 2.08 bits per heavy atom. The lowest BCUT2D eigenvalue weighted by Crippen LogP contribution is -2.49. The number of aliphatic hydroxyl groups is 2. The zero-order valence-electron chi connectivity index (χ0n) is 17.0. The molecule has 7 heteroatoms. The largest absolute Gasteiger partial charge is 0.466 e. The summed E-state index contributed by atoms with van der Waals surface area (Å²) in [7, 11) is -2.19. The number of rotatable bonds is 10. The first-order valence-corrected chi connectivity index (χ1v) is 11.8. The Kier molecular flexibility index (Phi) is 8.97. The van der Waals surface area contributed by atoms with Gasteiger partial charge in [-0.3, -0.25) is 9.59 Å². The van der Waals surface area contributed by atoms with Crippen LogP contribution in [0.4, 0.5) is 0 Å². The second-order valence-electron chi connectivity index (χ2n) is 8.39. The van der Waals surface area contributed by atoms with Crippen LogP contribution in [0, 0.1) is 0 Å². The minimum atomic E-state index is -2.19. The summed E-state index contributed by atoms with van der Waals surface area (Å²) in [4.78, 5) is 23.4. The predicted octanol–water partition coefficient (Wildman–Crippen LogP) is 2.81. The first-order valence-electron chi connectivity index (χ1n) is 8.88. The predicted molar refractivity (Wildman–Crippen MR) is 99.9 cm³/mol. The number of esters is 1. The van der Waals surface area contributed by atoms with Gasteiger partial charge < -0.3 is 19.4 Å². The molecule has 25 heavy (non-hydrogen) atoms. The quantitative estimate of drug-likeness (QED) is 0.450. The van der Waals surface area contributed by atoms with Crippen molar-refractivity contribution in [1.29, 1.82) is 0 Å². The van der Waals surface area contributed by atoms with E-state index in [2.05, 4.69) is 20.8 Å². The minimum Gasteiger partial charge on any atom is -0.466 e. The average Bonchev–Trinajstić information content (AvgIpc) is 2.43. The summed E-state index contributed by atoms with van der Waals surface area (Å²) in [6.45, 7) is 15.2. The van der Waals surface area contributed by atoms with Crippen molar-refractivity contribution >= 4 is 20.1 Å². The first-order chi connectivity index (χ1) is 11.1. The molecule has 3 atom stereocenters. The fourth-order valence-electron chi connectivity index (χ4n) is 2.04. The van der Waals surface area contributed by atoms with Crippen molar-refractivity contribution in [2.24, 2.45) is 0 Å². The molecule has 0 heterocycles. The highest BCUT2D eigenvalue weighted by molar-refractivity contribution is 6.74. The summed E-state index contributed by atoms with van der Waals surface area (Å²) >= 11 is 0. The third kappa shape index (κ3) is 7.98. The molecule has 0 saturated carbocycles. The van der Waals surface area contributed by atoms with Crippen molar-refractivity contribution in [3.8, 4) is 0 Å². The zero-order chi connectivity index (χ0) is 20.1. The van der Waals surface area contributed by atoms with Crippen LogP contribution < -0.4 is 0 Å². The maximum absolute atomic E-state index is 12.0. The zero-order valence-corrected chi connectivity index (χ0v) is 18.0. The van der Waals surface area contributed by atoms with E-state index in [4.69, 9.17) is 9.16 Å². The molecule has 0 aromatic rings. The second-order valence-corrected chi connectivity index (χ2v) is 13.1. The Labute approximate surface area is 153 Å². The van der Waals surface area contributed by atoms with Gasteiger partial charge in [0.05, 0.1) is 18.3 Å². The maximum atomic E-state index is 12.0. The molecular weight excluding hydrogens is 340 g/mol. The van der Waals surface area contributed by atoms with E-state index in [1.807, 2.05) is 13.1 Å². The standard InChI is InChI=1S/C18H36O6Si/c1-9-23-16(21)10-11-18(6,22)15(20)12-14(13(2)19)24-25(7,8)17(3,4)5/h14-15,20,22H,9-12H2,1-8H3/t14-,15?,18?/m0/s1. The van der Waals surface area contributed by atoms with E-state index in [1.54, 1.807) is 6.92 Å². The lowest BCUT2D eigenvalue weighted by Gasteiger charge is -2.40. The number of ketones is 1. The van der Waals surface area contributed by atoms with Crippen LogP contribution in [-0.4, -0.2) is 54.7 Å². The van der Waals surface area contributed by atoms with E-state index >= 15 is 0 Å². The lowest BCUT2D eigenvalue weighted by atomic mass is 9.89. The first kappa shape index (κ1) is 24.2. The Balaban J connectivity index is 4.96. The van der Waals surface area contributed by atoms with Crippen molar-refractivity contribution in [3.05, 3.63) is 0 Å². The molecule has 0 aliphatic heterocycles. The summed E-state index contributed by atoms with van der Waals surface area (Å²) in [5.41, 5.74) is -1.50. The maximum Gasteiger partial charge on any atom is 0.305 e. The molecule has 0 aromatic carbocycles. The Morgan fingerprint density at radius 1 is 1.16 bits per heavy atom. The summed E-state index contributed by atoms with van der Waals surface area (Å²) in [6.07, 6.45) is -1.90. The molecule has 0 aromatic heterocycles. The molecule has 0 radical (unpaired) electrons. The van der Waals surface area contributed by atoms with E-state index in [-0.39, 0.29) is 36.7 Å². The van der Waals surface area contributed by atoms with Gasteiger partial charge in [-0.25, -0.2) is 0 Å². The van der Waals surface area contributed by atoms with Gasteiger partial charge in [0, 0.05) is 12.8 Å². The monoisotopic (exact) mass is 376 g/mol. The highest BCUT2D eigenvalue weighted by atomic mass is 28.4. The number of hydrogen-bond acceptors (Lipinski definition) is 6. The number of carbonyl (C=O) groups excluding carboxylic acids is 2. The van der Waals surface area contributed by atoms with Gasteiger partial charge in [-0.2, -0.15) is 0 Å². The molecule has 0 spiro atoms. The van der Waals surface area contributed by atoms with Crippen LogP contribution in [0.1, 0.15) is 60.8 Å². The van der Waals surface area contributed by atoms with Gasteiger partial charge in [-0.15, -0.1) is 0 Å². The third-order valence-electron chi connectivity index (χ3n) is 4.99.